The van der Waals surface area contributed by atoms with Crippen molar-refractivity contribution < 1.29 is 5.11 Å². The van der Waals surface area contributed by atoms with E-state index >= 15 is 0 Å². The third-order valence-electron chi connectivity index (χ3n) is 1.25. The van der Waals surface area contributed by atoms with Gasteiger partial charge in [0.1, 0.15) is 11.8 Å². The van der Waals surface area contributed by atoms with Gasteiger partial charge in [-0.05, 0) is 60.5 Å². The number of halogens is 3. The van der Waals surface area contributed by atoms with Crippen molar-refractivity contribution >= 4 is 54.5 Å². The fourth-order valence-corrected chi connectivity index (χ4v) is 2.32. The Morgan fingerprint density at radius 1 is 1.50 bits per heavy atom. The van der Waals surface area contributed by atoms with Crippen molar-refractivity contribution in [2.45, 2.75) is 0 Å². The molecule has 1 N–H and O–H groups in total. The number of hydrogen-bond acceptors (Lipinski definition) is 2. The molecule has 0 atom stereocenters. The Morgan fingerprint density at radius 2 is 2.08 bits per heavy atom. The molecular weight excluding hydrogens is 401 g/mol. The first kappa shape index (κ1) is 10.3. The Bertz CT molecular complexity index is 373. The average Bonchev–Trinajstić information content (AvgIpc) is 2.08. The topological polar surface area (TPSA) is 44.0 Å². The van der Waals surface area contributed by atoms with Gasteiger partial charge in [-0.25, -0.2) is 0 Å². The van der Waals surface area contributed by atoms with Gasteiger partial charge in [-0.1, -0.05) is 0 Å². The zero-order chi connectivity index (χ0) is 9.30. The van der Waals surface area contributed by atoms with Gasteiger partial charge in [0.25, 0.3) is 0 Å². The standard InChI is InChI=1S/C7H2Br2INO/c8-4-1-3(2-11)6(10)5(9)7(4)12/h1,12H. The molecule has 62 valence electrons. The molecule has 0 unspecified atom stereocenters. The summed E-state index contributed by atoms with van der Waals surface area (Å²) < 4.78 is 1.79. The summed E-state index contributed by atoms with van der Waals surface area (Å²) in [5.74, 6) is 0.124. The summed E-state index contributed by atoms with van der Waals surface area (Å²) in [6.07, 6.45) is 0. The summed E-state index contributed by atoms with van der Waals surface area (Å²) in [5.41, 5.74) is 0.534. The number of hydrogen-bond donors (Lipinski definition) is 1. The minimum Gasteiger partial charge on any atom is -0.506 e. The quantitative estimate of drug-likeness (QED) is 0.534. The van der Waals surface area contributed by atoms with E-state index in [1.54, 1.807) is 6.07 Å². The Labute approximate surface area is 100.0 Å². The van der Waals surface area contributed by atoms with Gasteiger partial charge in [0.2, 0.25) is 0 Å². The van der Waals surface area contributed by atoms with E-state index in [0.717, 1.165) is 3.57 Å². The molecule has 12 heavy (non-hydrogen) atoms. The molecule has 0 spiro atoms. The third kappa shape index (κ3) is 1.75. The van der Waals surface area contributed by atoms with Gasteiger partial charge >= 0.3 is 0 Å². The van der Waals surface area contributed by atoms with E-state index in [1.165, 1.54) is 0 Å². The van der Waals surface area contributed by atoms with E-state index < -0.39 is 0 Å². The minimum absolute atomic E-state index is 0.124. The van der Waals surface area contributed by atoms with E-state index in [0.29, 0.717) is 14.5 Å². The molecule has 0 fully saturated rings. The summed E-state index contributed by atoms with van der Waals surface area (Å²) in [4.78, 5) is 0. The van der Waals surface area contributed by atoms with Crippen molar-refractivity contribution in [3.63, 3.8) is 0 Å². The number of rotatable bonds is 0. The average molecular weight is 403 g/mol. The Balaban J connectivity index is 3.52. The summed E-state index contributed by atoms with van der Waals surface area (Å²) in [6.45, 7) is 0. The molecule has 1 aromatic carbocycles. The number of aromatic hydroxyl groups is 1. The molecule has 0 heterocycles. The molecule has 0 aliphatic rings. The Morgan fingerprint density at radius 3 is 2.58 bits per heavy atom. The van der Waals surface area contributed by atoms with Crippen molar-refractivity contribution in [3.05, 3.63) is 24.1 Å². The lowest BCUT2D eigenvalue weighted by atomic mass is 10.2. The highest BCUT2D eigenvalue weighted by Gasteiger charge is 2.11. The first-order valence-corrected chi connectivity index (χ1v) is 5.51. The van der Waals surface area contributed by atoms with E-state index in [2.05, 4.69) is 31.9 Å². The molecule has 0 saturated carbocycles. The van der Waals surface area contributed by atoms with Gasteiger partial charge in [-0.3, -0.25) is 0 Å². The van der Waals surface area contributed by atoms with Crippen LogP contribution in [0.2, 0.25) is 0 Å². The fraction of sp³-hybridized carbons (Fsp3) is 0. The van der Waals surface area contributed by atoms with Crippen LogP contribution in [-0.2, 0) is 0 Å². The van der Waals surface area contributed by atoms with E-state index in [1.807, 2.05) is 28.7 Å². The second-order valence-corrected chi connectivity index (χ2v) is 4.72. The van der Waals surface area contributed by atoms with Crippen LogP contribution in [-0.4, -0.2) is 5.11 Å². The minimum atomic E-state index is 0.124. The molecule has 2 nitrogen and oxygen atoms in total. The molecule has 0 aliphatic heterocycles. The maximum Gasteiger partial charge on any atom is 0.145 e. The first-order valence-electron chi connectivity index (χ1n) is 2.84. The molecule has 5 heteroatoms. The molecule has 0 amide bonds. The van der Waals surface area contributed by atoms with Crippen molar-refractivity contribution in [2.24, 2.45) is 0 Å². The highest BCUT2D eigenvalue weighted by atomic mass is 127. The van der Waals surface area contributed by atoms with Crippen LogP contribution in [0.5, 0.6) is 5.75 Å². The molecule has 0 aromatic heterocycles. The van der Waals surface area contributed by atoms with E-state index in [4.69, 9.17) is 5.26 Å². The van der Waals surface area contributed by atoms with Gasteiger partial charge < -0.3 is 5.11 Å². The first-order chi connectivity index (χ1) is 5.57. The maximum absolute atomic E-state index is 9.40. The molecule has 1 rings (SSSR count). The predicted molar refractivity (Wildman–Crippen MR) is 60.9 cm³/mol. The Kier molecular flexibility index (Phi) is 3.37. The number of phenols is 1. The van der Waals surface area contributed by atoms with Crippen LogP contribution >= 0.6 is 54.5 Å². The van der Waals surface area contributed by atoms with Crippen LogP contribution in [0.15, 0.2) is 15.0 Å². The van der Waals surface area contributed by atoms with E-state index in [-0.39, 0.29) is 5.75 Å². The van der Waals surface area contributed by atoms with Crippen molar-refractivity contribution in [1.29, 1.82) is 5.26 Å². The molecule has 0 bridgehead atoms. The van der Waals surface area contributed by atoms with Crippen molar-refractivity contribution in [3.8, 4) is 11.8 Å². The summed E-state index contributed by atoms with van der Waals surface area (Å²) in [5, 5.41) is 18.1. The number of phenolic OH excluding ortho intramolecular Hbond substituents is 1. The van der Waals surface area contributed by atoms with Gasteiger partial charge in [0, 0.05) is 3.57 Å². The van der Waals surface area contributed by atoms with E-state index in [9.17, 15) is 5.11 Å². The van der Waals surface area contributed by atoms with Crippen molar-refractivity contribution in [2.75, 3.05) is 0 Å². The summed E-state index contributed by atoms with van der Waals surface area (Å²) in [7, 11) is 0. The van der Waals surface area contributed by atoms with Crippen LogP contribution < -0.4 is 0 Å². The second kappa shape index (κ2) is 3.94. The van der Waals surface area contributed by atoms with Crippen LogP contribution in [0.4, 0.5) is 0 Å². The molecule has 0 aliphatic carbocycles. The predicted octanol–water partition coefficient (Wildman–Crippen LogP) is 3.39. The third-order valence-corrected chi connectivity index (χ3v) is 4.49. The normalized spacial score (nSPS) is 9.50. The van der Waals surface area contributed by atoms with Gasteiger partial charge in [-0.15, -0.1) is 0 Å². The monoisotopic (exact) mass is 401 g/mol. The Hall–Kier alpha value is 0.200. The maximum atomic E-state index is 9.40. The lowest BCUT2D eigenvalue weighted by Gasteiger charge is -2.03. The van der Waals surface area contributed by atoms with Gasteiger partial charge in [-0.2, -0.15) is 5.26 Å². The van der Waals surface area contributed by atoms with Crippen LogP contribution in [0, 0.1) is 14.9 Å². The highest BCUT2D eigenvalue weighted by molar-refractivity contribution is 14.1. The van der Waals surface area contributed by atoms with Crippen LogP contribution in [0.1, 0.15) is 5.56 Å². The molecule has 0 radical (unpaired) electrons. The molecular formula is C7H2Br2INO. The lowest BCUT2D eigenvalue weighted by molar-refractivity contribution is 0.468. The van der Waals surface area contributed by atoms with Crippen LogP contribution in [0.3, 0.4) is 0 Å². The number of benzene rings is 1. The molecule has 0 saturated heterocycles. The highest BCUT2D eigenvalue weighted by Crippen LogP contribution is 2.37. The second-order valence-electron chi connectivity index (χ2n) is 1.99. The number of nitrogens with zero attached hydrogens (tertiary/aromatic N) is 1. The van der Waals surface area contributed by atoms with Crippen LogP contribution in [0.25, 0.3) is 0 Å². The largest absolute Gasteiger partial charge is 0.506 e. The van der Waals surface area contributed by atoms with Gasteiger partial charge in [0.05, 0.1) is 14.5 Å². The van der Waals surface area contributed by atoms with Gasteiger partial charge in [0.15, 0.2) is 0 Å². The SMILES string of the molecule is N#Cc1cc(Br)c(O)c(Br)c1I. The smallest absolute Gasteiger partial charge is 0.145 e. The molecule has 1 aromatic rings. The zero-order valence-corrected chi connectivity index (χ0v) is 10.9. The number of nitriles is 1. The zero-order valence-electron chi connectivity index (χ0n) is 5.61. The van der Waals surface area contributed by atoms with Crippen molar-refractivity contribution in [1.82, 2.24) is 0 Å². The fourth-order valence-electron chi connectivity index (χ4n) is 0.667. The lowest BCUT2D eigenvalue weighted by Crippen LogP contribution is -1.85. The summed E-state index contributed by atoms with van der Waals surface area (Å²) >= 11 is 8.32. The summed E-state index contributed by atoms with van der Waals surface area (Å²) in [6, 6.07) is 3.61.